The molecule has 0 fully saturated rings. The van der Waals surface area contributed by atoms with Gasteiger partial charge in [0.2, 0.25) is 0 Å². The van der Waals surface area contributed by atoms with Crippen LogP contribution in [0.25, 0.3) is 0 Å². The highest BCUT2D eigenvalue weighted by Gasteiger charge is 2.37. The van der Waals surface area contributed by atoms with Crippen molar-refractivity contribution in [1.82, 2.24) is 0 Å². The third-order valence-corrected chi connectivity index (χ3v) is 2.35. The van der Waals surface area contributed by atoms with E-state index in [-0.39, 0.29) is 0 Å². The molecule has 0 heterocycles. The minimum absolute atomic E-state index is 0.761. The Hall–Kier alpha value is -0.940. The van der Waals surface area contributed by atoms with Crippen LogP contribution in [-0.4, -0.2) is 80.7 Å². The average Bonchev–Trinajstić information content (AvgIpc) is 2.40. The lowest BCUT2D eigenvalue weighted by Gasteiger charge is -2.24. The van der Waals surface area contributed by atoms with Crippen molar-refractivity contribution in [1.29, 1.82) is 0 Å². The monoisotopic (exact) mass is 266 g/mol. The molecule has 18 heavy (non-hydrogen) atoms. The fraction of sp³-hybridized carbons (Fsp3) is 0.778. The van der Waals surface area contributed by atoms with Crippen molar-refractivity contribution >= 4 is 11.6 Å². The molecule has 2 unspecified atom stereocenters. The summed E-state index contributed by atoms with van der Waals surface area (Å²) < 4.78 is 0. The van der Waals surface area contributed by atoms with E-state index in [2.05, 4.69) is 0 Å². The summed E-state index contributed by atoms with van der Waals surface area (Å²) in [6.45, 7) is -1.52. The number of Topliss-reactive ketones (excluding diaryl/α,β-unsaturated/α-hetero) is 2. The van der Waals surface area contributed by atoms with Crippen LogP contribution in [0.2, 0.25) is 0 Å². The predicted molar refractivity (Wildman–Crippen MR) is 58.2 cm³/mol. The second-order valence-electron chi connectivity index (χ2n) is 3.76. The number of nitrogens with two attached hydrogens (primary N) is 2. The predicted octanol–water partition coefficient (Wildman–Crippen LogP) is -5.15. The number of ketones is 2. The molecule has 0 radical (unpaired) electrons. The van der Waals surface area contributed by atoms with Crippen LogP contribution in [0.15, 0.2) is 0 Å². The van der Waals surface area contributed by atoms with Gasteiger partial charge in [-0.1, -0.05) is 0 Å². The maximum atomic E-state index is 11.3. The molecule has 0 aliphatic carbocycles. The lowest BCUT2D eigenvalue weighted by atomic mass is 9.95. The van der Waals surface area contributed by atoms with E-state index in [4.69, 9.17) is 21.7 Å². The SMILES string of the molecule is N[C@@H](CO)C(=O)C(O)C(O)C(O)C(=O)[C@@H](N)CO. The van der Waals surface area contributed by atoms with E-state index in [9.17, 15) is 24.9 Å². The van der Waals surface area contributed by atoms with Gasteiger partial charge >= 0.3 is 0 Å². The number of aliphatic hydroxyl groups is 5. The lowest BCUT2D eigenvalue weighted by molar-refractivity contribution is -0.149. The van der Waals surface area contributed by atoms with Gasteiger partial charge in [0.25, 0.3) is 0 Å². The van der Waals surface area contributed by atoms with Crippen LogP contribution in [0, 0.1) is 0 Å². The maximum absolute atomic E-state index is 11.3. The first kappa shape index (κ1) is 17.1. The Bertz CT molecular complexity index is 271. The Kier molecular flexibility index (Phi) is 7.09. The van der Waals surface area contributed by atoms with Gasteiger partial charge in [0.15, 0.2) is 11.6 Å². The molecule has 0 rings (SSSR count). The molecule has 9 heteroatoms. The zero-order chi connectivity index (χ0) is 14.5. The van der Waals surface area contributed by atoms with Crippen LogP contribution >= 0.6 is 0 Å². The van der Waals surface area contributed by atoms with Crippen molar-refractivity contribution in [2.75, 3.05) is 13.2 Å². The van der Waals surface area contributed by atoms with E-state index in [1.165, 1.54) is 0 Å². The Balaban J connectivity index is 4.68. The molecule has 0 spiro atoms. The molecule has 0 saturated carbocycles. The second kappa shape index (κ2) is 7.48. The van der Waals surface area contributed by atoms with Crippen LogP contribution in [0.1, 0.15) is 0 Å². The second-order valence-corrected chi connectivity index (χ2v) is 3.76. The Morgan fingerprint density at radius 1 is 0.833 bits per heavy atom. The normalized spacial score (nSPS) is 19.7. The average molecular weight is 266 g/mol. The summed E-state index contributed by atoms with van der Waals surface area (Å²) in [5.41, 5.74) is 10.2. The standard InChI is InChI=1S/C9H18N2O7/c10-3(1-12)5(14)7(16)9(18)8(17)6(15)4(11)2-13/h3-4,7-9,12-13,16-18H,1-2,10-11H2/t3-,4-,7?,8?,9?/m0/s1. The van der Waals surface area contributed by atoms with Gasteiger partial charge in [0.1, 0.15) is 18.3 Å². The molecule has 9 nitrogen and oxygen atoms in total. The molecule has 0 aromatic heterocycles. The fourth-order valence-corrected chi connectivity index (χ4v) is 1.13. The first-order valence-electron chi connectivity index (χ1n) is 5.12. The molecule has 106 valence electrons. The van der Waals surface area contributed by atoms with E-state index in [1.54, 1.807) is 0 Å². The van der Waals surface area contributed by atoms with E-state index < -0.39 is 55.2 Å². The van der Waals surface area contributed by atoms with Gasteiger partial charge < -0.3 is 37.0 Å². The summed E-state index contributed by atoms with van der Waals surface area (Å²) in [6, 6.07) is -2.88. The molecular formula is C9H18N2O7. The van der Waals surface area contributed by atoms with Gasteiger partial charge in [-0.15, -0.1) is 0 Å². The molecule has 9 N–H and O–H groups in total. The number of rotatable bonds is 8. The quantitative estimate of drug-likeness (QED) is 0.225. The van der Waals surface area contributed by atoms with Crippen molar-refractivity contribution in [2.45, 2.75) is 30.4 Å². The minimum Gasteiger partial charge on any atom is -0.394 e. The Labute approximate surface area is 103 Å². The van der Waals surface area contributed by atoms with Gasteiger partial charge in [0.05, 0.1) is 25.3 Å². The zero-order valence-electron chi connectivity index (χ0n) is 9.51. The molecular weight excluding hydrogens is 248 g/mol. The Morgan fingerprint density at radius 2 is 1.11 bits per heavy atom. The highest BCUT2D eigenvalue weighted by Crippen LogP contribution is 2.06. The summed E-state index contributed by atoms with van der Waals surface area (Å²) in [7, 11) is 0. The number of carbonyl (C=O) groups excluding carboxylic acids is 2. The zero-order valence-corrected chi connectivity index (χ0v) is 9.51. The first-order valence-corrected chi connectivity index (χ1v) is 5.12. The van der Waals surface area contributed by atoms with Crippen molar-refractivity contribution in [3.8, 4) is 0 Å². The third kappa shape index (κ3) is 4.07. The highest BCUT2D eigenvalue weighted by atomic mass is 16.4. The van der Waals surface area contributed by atoms with Crippen LogP contribution in [0.4, 0.5) is 0 Å². The molecule has 0 aromatic carbocycles. The van der Waals surface area contributed by atoms with Gasteiger partial charge in [0, 0.05) is 0 Å². The van der Waals surface area contributed by atoms with Crippen molar-refractivity contribution < 1.29 is 35.1 Å². The van der Waals surface area contributed by atoms with Crippen molar-refractivity contribution in [3.63, 3.8) is 0 Å². The largest absolute Gasteiger partial charge is 0.394 e. The number of carbonyl (C=O) groups is 2. The van der Waals surface area contributed by atoms with Crippen molar-refractivity contribution in [2.24, 2.45) is 11.5 Å². The number of hydrogen-bond donors (Lipinski definition) is 7. The van der Waals surface area contributed by atoms with Gasteiger partial charge in [-0.3, -0.25) is 9.59 Å². The fourth-order valence-electron chi connectivity index (χ4n) is 1.13. The summed E-state index contributed by atoms with van der Waals surface area (Å²) in [6.07, 6.45) is -6.42. The number of aliphatic hydroxyl groups excluding tert-OH is 5. The van der Waals surface area contributed by atoms with Crippen LogP contribution in [-0.2, 0) is 9.59 Å². The number of hydrogen-bond acceptors (Lipinski definition) is 9. The van der Waals surface area contributed by atoms with Crippen molar-refractivity contribution in [3.05, 3.63) is 0 Å². The van der Waals surface area contributed by atoms with E-state index in [1.807, 2.05) is 0 Å². The molecule has 0 aliphatic rings. The topological polar surface area (TPSA) is 187 Å². The molecule has 4 atom stereocenters. The van der Waals surface area contributed by atoms with Crippen LogP contribution in [0.5, 0.6) is 0 Å². The smallest absolute Gasteiger partial charge is 0.182 e. The lowest BCUT2D eigenvalue weighted by Crippen LogP contribution is -2.54. The highest BCUT2D eigenvalue weighted by molar-refractivity contribution is 5.92. The third-order valence-electron chi connectivity index (χ3n) is 2.35. The molecule has 0 aromatic rings. The summed E-state index contributed by atoms with van der Waals surface area (Å²) in [5.74, 6) is -2.26. The maximum Gasteiger partial charge on any atom is 0.182 e. The van der Waals surface area contributed by atoms with E-state index in [0.29, 0.717) is 0 Å². The minimum atomic E-state index is -2.14. The van der Waals surface area contributed by atoms with Crippen LogP contribution in [0.3, 0.4) is 0 Å². The summed E-state index contributed by atoms with van der Waals surface area (Å²) in [4.78, 5) is 22.6. The van der Waals surface area contributed by atoms with Gasteiger partial charge in [-0.05, 0) is 0 Å². The van der Waals surface area contributed by atoms with E-state index >= 15 is 0 Å². The molecule has 0 saturated heterocycles. The molecule has 0 amide bonds. The Morgan fingerprint density at radius 3 is 1.33 bits per heavy atom. The summed E-state index contributed by atoms with van der Waals surface area (Å²) >= 11 is 0. The molecule has 0 bridgehead atoms. The first-order chi connectivity index (χ1) is 8.27. The van der Waals surface area contributed by atoms with Gasteiger partial charge in [-0.25, -0.2) is 0 Å². The van der Waals surface area contributed by atoms with Gasteiger partial charge in [-0.2, -0.15) is 0 Å². The summed E-state index contributed by atoms with van der Waals surface area (Å²) in [5, 5.41) is 45.3. The molecule has 0 aliphatic heterocycles. The van der Waals surface area contributed by atoms with E-state index in [0.717, 1.165) is 0 Å². The van der Waals surface area contributed by atoms with Crippen LogP contribution < -0.4 is 11.5 Å².